The molecule has 104 valence electrons. The Labute approximate surface area is 114 Å². The monoisotopic (exact) mass is 262 g/mol. The van der Waals surface area contributed by atoms with Crippen LogP contribution in [0.4, 0.5) is 4.79 Å². The molecule has 0 saturated carbocycles. The zero-order valence-electron chi connectivity index (χ0n) is 11.4. The Morgan fingerprint density at radius 3 is 2.58 bits per heavy atom. The first-order valence-electron chi connectivity index (χ1n) is 6.88. The van der Waals surface area contributed by atoms with E-state index in [0.717, 1.165) is 31.5 Å². The minimum absolute atomic E-state index is 0.211. The first kappa shape index (κ1) is 13.9. The summed E-state index contributed by atoms with van der Waals surface area (Å²) < 4.78 is 5.32. The smallest absolute Gasteiger partial charge is 0.410 e. The largest absolute Gasteiger partial charge is 0.445 e. The molecule has 1 aromatic carbocycles. The summed E-state index contributed by atoms with van der Waals surface area (Å²) in [5, 5.41) is 0. The quantitative estimate of drug-likeness (QED) is 0.910. The summed E-state index contributed by atoms with van der Waals surface area (Å²) in [6, 6.07) is 9.95. The Balaban J connectivity index is 1.76. The molecule has 0 spiro atoms. The van der Waals surface area contributed by atoms with Gasteiger partial charge in [-0.05, 0) is 31.2 Å². The molecule has 2 N–H and O–H groups in total. The lowest BCUT2D eigenvalue weighted by atomic mass is 9.91. The molecule has 0 unspecified atom stereocenters. The van der Waals surface area contributed by atoms with Gasteiger partial charge in [-0.15, -0.1) is 0 Å². The van der Waals surface area contributed by atoms with Crippen molar-refractivity contribution in [3.05, 3.63) is 35.9 Å². The fourth-order valence-electron chi connectivity index (χ4n) is 2.42. The summed E-state index contributed by atoms with van der Waals surface area (Å²) in [6.07, 6.45) is 1.72. The van der Waals surface area contributed by atoms with Crippen LogP contribution in [0.5, 0.6) is 0 Å². The van der Waals surface area contributed by atoms with Crippen molar-refractivity contribution in [3.63, 3.8) is 0 Å². The average Bonchev–Trinajstić information content (AvgIpc) is 2.46. The van der Waals surface area contributed by atoms with Crippen molar-refractivity contribution in [3.8, 4) is 0 Å². The van der Waals surface area contributed by atoms with E-state index in [1.807, 2.05) is 37.3 Å². The highest BCUT2D eigenvalue weighted by atomic mass is 16.6. The van der Waals surface area contributed by atoms with Crippen LogP contribution < -0.4 is 5.73 Å². The van der Waals surface area contributed by atoms with Gasteiger partial charge >= 0.3 is 6.09 Å². The second kappa shape index (κ2) is 6.57. The molecular formula is C15H22N2O2. The van der Waals surface area contributed by atoms with Crippen LogP contribution in [0, 0.1) is 5.92 Å². The van der Waals surface area contributed by atoms with Crippen LogP contribution in [0.15, 0.2) is 30.3 Å². The Bertz CT molecular complexity index is 398. The lowest BCUT2D eigenvalue weighted by Crippen LogP contribution is -2.42. The third kappa shape index (κ3) is 3.96. The minimum Gasteiger partial charge on any atom is -0.445 e. The van der Waals surface area contributed by atoms with Crippen LogP contribution in [0.25, 0.3) is 0 Å². The predicted octanol–water partition coefficient (Wildman–Crippen LogP) is 2.38. The van der Waals surface area contributed by atoms with Crippen LogP contribution in [0.3, 0.4) is 0 Å². The number of rotatable bonds is 3. The van der Waals surface area contributed by atoms with E-state index in [9.17, 15) is 4.79 Å². The summed E-state index contributed by atoms with van der Waals surface area (Å²) >= 11 is 0. The fourth-order valence-corrected chi connectivity index (χ4v) is 2.42. The third-order valence-corrected chi connectivity index (χ3v) is 3.75. The molecule has 4 heteroatoms. The van der Waals surface area contributed by atoms with Crippen LogP contribution in [-0.2, 0) is 11.3 Å². The highest BCUT2D eigenvalue weighted by Crippen LogP contribution is 2.20. The van der Waals surface area contributed by atoms with Gasteiger partial charge in [-0.2, -0.15) is 0 Å². The van der Waals surface area contributed by atoms with Gasteiger partial charge in [0.05, 0.1) is 0 Å². The second-order valence-electron chi connectivity index (χ2n) is 5.22. The molecule has 1 atom stereocenters. The molecule has 0 radical (unpaired) electrons. The number of nitrogens with two attached hydrogens (primary N) is 1. The summed E-state index contributed by atoms with van der Waals surface area (Å²) in [7, 11) is 0. The number of amides is 1. The zero-order chi connectivity index (χ0) is 13.7. The second-order valence-corrected chi connectivity index (χ2v) is 5.22. The molecule has 1 saturated heterocycles. The lowest BCUT2D eigenvalue weighted by molar-refractivity contribution is 0.0803. The van der Waals surface area contributed by atoms with Crippen molar-refractivity contribution in [2.24, 2.45) is 11.7 Å². The molecule has 19 heavy (non-hydrogen) atoms. The standard InChI is InChI=1S/C15H22N2O2/c1-12(16)14-7-9-17(10-8-14)15(18)19-11-13-5-3-2-4-6-13/h2-6,12,14H,7-11,16H2,1H3/t12-/m0/s1. The molecule has 0 aliphatic carbocycles. The number of likely N-dealkylation sites (tertiary alicyclic amines) is 1. The first-order valence-corrected chi connectivity index (χ1v) is 6.88. The highest BCUT2D eigenvalue weighted by Gasteiger charge is 2.25. The third-order valence-electron chi connectivity index (χ3n) is 3.75. The lowest BCUT2D eigenvalue weighted by Gasteiger charge is -2.33. The molecule has 1 aliphatic rings. The van der Waals surface area contributed by atoms with Crippen molar-refractivity contribution in [1.82, 2.24) is 4.90 Å². The van der Waals surface area contributed by atoms with Gasteiger partial charge in [0.25, 0.3) is 0 Å². The number of piperidine rings is 1. The van der Waals surface area contributed by atoms with Crippen molar-refractivity contribution in [2.75, 3.05) is 13.1 Å². The summed E-state index contributed by atoms with van der Waals surface area (Å²) in [5.41, 5.74) is 6.90. The SMILES string of the molecule is C[C@H](N)C1CCN(C(=O)OCc2ccccc2)CC1. The van der Waals surface area contributed by atoms with E-state index in [0.29, 0.717) is 12.5 Å². The Hall–Kier alpha value is -1.55. The minimum atomic E-state index is -0.216. The number of benzene rings is 1. The number of hydrogen-bond acceptors (Lipinski definition) is 3. The number of nitrogens with zero attached hydrogens (tertiary/aromatic N) is 1. The summed E-state index contributed by atoms with van der Waals surface area (Å²) in [6.45, 7) is 3.88. The van der Waals surface area contributed by atoms with E-state index < -0.39 is 0 Å². The van der Waals surface area contributed by atoms with Gasteiger partial charge in [-0.1, -0.05) is 30.3 Å². The van der Waals surface area contributed by atoms with E-state index in [1.54, 1.807) is 4.90 Å². The van der Waals surface area contributed by atoms with Gasteiger partial charge in [0.1, 0.15) is 6.61 Å². The van der Waals surface area contributed by atoms with Crippen LogP contribution in [-0.4, -0.2) is 30.1 Å². The van der Waals surface area contributed by atoms with Crippen molar-refractivity contribution < 1.29 is 9.53 Å². The number of hydrogen-bond donors (Lipinski definition) is 1. The number of ether oxygens (including phenoxy) is 1. The van der Waals surface area contributed by atoms with E-state index in [4.69, 9.17) is 10.5 Å². The summed E-state index contributed by atoms with van der Waals surface area (Å²) in [5.74, 6) is 0.526. The molecule has 1 heterocycles. The maximum atomic E-state index is 11.9. The van der Waals surface area contributed by atoms with Crippen LogP contribution >= 0.6 is 0 Å². The van der Waals surface area contributed by atoms with Gasteiger partial charge in [-0.3, -0.25) is 0 Å². The average molecular weight is 262 g/mol. The first-order chi connectivity index (χ1) is 9.16. The van der Waals surface area contributed by atoms with E-state index in [1.165, 1.54) is 0 Å². The van der Waals surface area contributed by atoms with Crippen molar-refractivity contribution in [2.45, 2.75) is 32.4 Å². The van der Waals surface area contributed by atoms with E-state index in [2.05, 4.69) is 0 Å². The van der Waals surface area contributed by atoms with E-state index >= 15 is 0 Å². The van der Waals surface area contributed by atoms with E-state index in [-0.39, 0.29) is 12.1 Å². The van der Waals surface area contributed by atoms with Gasteiger partial charge < -0.3 is 15.4 Å². The Morgan fingerprint density at radius 2 is 2.00 bits per heavy atom. The van der Waals surface area contributed by atoms with Crippen LogP contribution in [0.1, 0.15) is 25.3 Å². The topological polar surface area (TPSA) is 55.6 Å². The van der Waals surface area contributed by atoms with Crippen molar-refractivity contribution in [1.29, 1.82) is 0 Å². The van der Waals surface area contributed by atoms with Crippen molar-refractivity contribution >= 4 is 6.09 Å². The maximum absolute atomic E-state index is 11.9. The zero-order valence-corrected chi connectivity index (χ0v) is 11.4. The molecule has 1 fully saturated rings. The number of carbonyl (C=O) groups is 1. The van der Waals surface area contributed by atoms with Gasteiger partial charge in [0.2, 0.25) is 0 Å². The molecule has 1 amide bonds. The maximum Gasteiger partial charge on any atom is 0.410 e. The number of carbonyl (C=O) groups excluding carboxylic acids is 1. The fraction of sp³-hybridized carbons (Fsp3) is 0.533. The van der Waals surface area contributed by atoms with Crippen LogP contribution in [0.2, 0.25) is 0 Å². The summed E-state index contributed by atoms with van der Waals surface area (Å²) in [4.78, 5) is 13.7. The molecule has 1 aliphatic heterocycles. The molecular weight excluding hydrogens is 240 g/mol. The molecule has 1 aromatic rings. The molecule has 0 bridgehead atoms. The Kier molecular flexibility index (Phi) is 4.80. The van der Waals surface area contributed by atoms with Gasteiger partial charge in [-0.25, -0.2) is 4.79 Å². The Morgan fingerprint density at radius 1 is 1.37 bits per heavy atom. The normalized spacial score (nSPS) is 18.1. The molecule has 4 nitrogen and oxygen atoms in total. The predicted molar refractivity (Wildman–Crippen MR) is 74.6 cm³/mol. The molecule has 0 aromatic heterocycles. The molecule has 2 rings (SSSR count). The highest BCUT2D eigenvalue weighted by molar-refractivity contribution is 5.67. The van der Waals surface area contributed by atoms with Gasteiger partial charge in [0.15, 0.2) is 0 Å². The van der Waals surface area contributed by atoms with Gasteiger partial charge in [0, 0.05) is 19.1 Å².